The molecule has 0 aliphatic heterocycles. The fraction of sp³-hybridized carbons (Fsp3) is 0.261. The van der Waals surface area contributed by atoms with E-state index in [4.69, 9.17) is 17.0 Å². The highest BCUT2D eigenvalue weighted by molar-refractivity contribution is 7.80. The summed E-state index contributed by atoms with van der Waals surface area (Å²) in [6.07, 6.45) is 8.98. The number of esters is 1. The summed E-state index contributed by atoms with van der Waals surface area (Å²) in [4.78, 5) is 12.0. The first-order chi connectivity index (χ1) is 16.5. The number of aryl methyl sites for hydroxylation is 1. The van der Waals surface area contributed by atoms with Crippen LogP contribution in [0.15, 0.2) is 55.2 Å². The van der Waals surface area contributed by atoms with Gasteiger partial charge >= 0.3 is 5.97 Å². The second-order valence-electron chi connectivity index (χ2n) is 7.65. The molecule has 2 N–H and O–H groups in total. The van der Waals surface area contributed by atoms with Gasteiger partial charge in [0.05, 0.1) is 55.7 Å². The molecule has 0 saturated heterocycles. The van der Waals surface area contributed by atoms with E-state index < -0.39 is 0 Å². The fourth-order valence-corrected chi connectivity index (χ4v) is 3.83. The fourth-order valence-electron chi connectivity index (χ4n) is 3.60. The van der Waals surface area contributed by atoms with Gasteiger partial charge in [-0.05, 0) is 37.7 Å². The quantitative estimate of drug-likeness (QED) is 0.294. The molecule has 0 aliphatic rings. The monoisotopic (exact) mass is 478 g/mol. The van der Waals surface area contributed by atoms with Crippen LogP contribution in [0.4, 0.5) is 11.4 Å². The largest absolute Gasteiger partial charge is 0.465 e. The molecule has 0 amide bonds. The maximum atomic E-state index is 12.0. The number of carbonyl (C=O) groups is 1. The van der Waals surface area contributed by atoms with Crippen LogP contribution in [0.1, 0.15) is 34.1 Å². The molecule has 11 heteroatoms. The average molecular weight is 479 g/mol. The van der Waals surface area contributed by atoms with Crippen molar-refractivity contribution in [3.8, 4) is 0 Å². The minimum absolute atomic E-state index is 0.374. The van der Waals surface area contributed by atoms with E-state index in [1.54, 1.807) is 29.2 Å². The molecule has 0 radical (unpaired) electrons. The number of methoxy groups -OCH3 is 1. The van der Waals surface area contributed by atoms with Gasteiger partial charge in [0.25, 0.3) is 0 Å². The molecular weight excluding hydrogens is 452 g/mol. The Kier molecular flexibility index (Phi) is 7.02. The molecule has 1 aromatic carbocycles. The Morgan fingerprint density at radius 1 is 0.971 bits per heavy atom. The Balaban J connectivity index is 1.34. The molecule has 0 bridgehead atoms. The summed E-state index contributed by atoms with van der Waals surface area (Å²) in [5.41, 5.74) is 5.09. The lowest BCUT2D eigenvalue weighted by molar-refractivity contribution is 0.0599. The number of ether oxygens (including phenoxy) is 1. The lowest BCUT2D eigenvalue weighted by Crippen LogP contribution is -2.18. The molecule has 3 aromatic heterocycles. The molecule has 4 aromatic rings. The van der Waals surface area contributed by atoms with Crippen molar-refractivity contribution in [2.75, 3.05) is 17.7 Å². The van der Waals surface area contributed by atoms with Gasteiger partial charge in [0, 0.05) is 30.2 Å². The lowest BCUT2D eigenvalue weighted by atomic mass is 10.1. The smallest absolute Gasteiger partial charge is 0.338 e. The molecular formula is C23H26N8O2S. The minimum atomic E-state index is -0.374. The maximum Gasteiger partial charge on any atom is 0.338 e. The Morgan fingerprint density at radius 2 is 1.59 bits per heavy atom. The molecule has 0 saturated carbocycles. The van der Waals surface area contributed by atoms with Gasteiger partial charge in [-0.25, -0.2) is 4.79 Å². The highest BCUT2D eigenvalue weighted by Crippen LogP contribution is 2.15. The summed E-state index contributed by atoms with van der Waals surface area (Å²) in [6.45, 7) is 6.02. The van der Waals surface area contributed by atoms with E-state index in [1.165, 1.54) is 7.11 Å². The lowest BCUT2D eigenvalue weighted by Gasteiger charge is -2.08. The molecule has 10 nitrogen and oxygen atoms in total. The molecule has 34 heavy (non-hydrogen) atoms. The zero-order valence-electron chi connectivity index (χ0n) is 19.2. The Morgan fingerprint density at radius 3 is 2.18 bits per heavy atom. The van der Waals surface area contributed by atoms with Crippen molar-refractivity contribution in [2.24, 2.45) is 0 Å². The molecule has 0 spiro atoms. The number of nitrogens with one attached hydrogen (secondary N) is 2. The first-order valence-corrected chi connectivity index (χ1v) is 11.2. The Hall–Kier alpha value is -3.99. The van der Waals surface area contributed by atoms with Crippen LogP contribution in [0.25, 0.3) is 0 Å². The number of nitrogens with zero attached hydrogens (tertiary/aromatic N) is 6. The Bertz CT molecular complexity index is 1310. The van der Waals surface area contributed by atoms with Crippen molar-refractivity contribution in [3.05, 3.63) is 77.6 Å². The summed E-state index contributed by atoms with van der Waals surface area (Å²) in [7, 11) is 1.37. The van der Waals surface area contributed by atoms with Gasteiger partial charge in [0.2, 0.25) is 0 Å². The first-order valence-electron chi connectivity index (χ1n) is 10.8. The molecule has 0 atom stereocenters. The van der Waals surface area contributed by atoms with Crippen molar-refractivity contribution in [3.63, 3.8) is 0 Å². The van der Waals surface area contributed by atoms with Crippen LogP contribution in [0.2, 0.25) is 0 Å². The summed E-state index contributed by atoms with van der Waals surface area (Å²) in [6, 6.07) is 7.29. The number of benzene rings is 1. The molecule has 176 valence electrons. The van der Waals surface area contributed by atoms with E-state index >= 15 is 0 Å². The predicted octanol–water partition coefficient (Wildman–Crippen LogP) is 3.30. The van der Waals surface area contributed by atoms with Gasteiger partial charge in [-0.2, -0.15) is 15.3 Å². The van der Waals surface area contributed by atoms with Crippen molar-refractivity contribution in [2.45, 2.75) is 33.5 Å². The van der Waals surface area contributed by atoms with E-state index in [9.17, 15) is 4.79 Å². The van der Waals surface area contributed by atoms with Crippen molar-refractivity contribution >= 4 is 34.7 Å². The van der Waals surface area contributed by atoms with Crippen molar-refractivity contribution < 1.29 is 9.53 Å². The van der Waals surface area contributed by atoms with Crippen LogP contribution in [0, 0.1) is 6.92 Å². The number of thiocarbonyl (C=S) groups is 1. The van der Waals surface area contributed by atoms with Crippen LogP contribution >= 0.6 is 12.2 Å². The zero-order chi connectivity index (χ0) is 24.1. The highest BCUT2D eigenvalue weighted by Gasteiger charge is 2.12. The topological polar surface area (TPSA) is 104 Å². The van der Waals surface area contributed by atoms with Crippen molar-refractivity contribution in [1.82, 2.24) is 29.3 Å². The highest BCUT2D eigenvalue weighted by atomic mass is 32.1. The summed E-state index contributed by atoms with van der Waals surface area (Å²) in [5, 5.41) is 19.8. The van der Waals surface area contributed by atoms with Crippen LogP contribution in [-0.4, -0.2) is 47.5 Å². The predicted molar refractivity (Wildman–Crippen MR) is 133 cm³/mol. The SMILES string of the molecule is CCn1ncc(Cn2cc(NC(=S)Nc3cnn(Cc4ccccc4C(=O)OC)c3)cn2)c1C. The number of hydrogen-bond donors (Lipinski definition) is 2. The van der Waals surface area contributed by atoms with E-state index in [-0.39, 0.29) is 5.97 Å². The van der Waals surface area contributed by atoms with Crippen LogP contribution in [-0.2, 0) is 24.4 Å². The second-order valence-corrected chi connectivity index (χ2v) is 8.06. The van der Waals surface area contributed by atoms with Crippen LogP contribution in [0.5, 0.6) is 0 Å². The molecule has 0 aliphatic carbocycles. The third kappa shape index (κ3) is 5.31. The standard InChI is InChI=1S/C23H26N8O2S/c1-4-31-16(2)18(9-26-31)13-30-15-20(11-25-30)28-23(34)27-19-10-24-29(14-19)12-17-7-5-6-8-21(17)22(32)33-3/h5-11,14-15H,4,12-13H2,1-3H3,(H2,27,28,34). The summed E-state index contributed by atoms with van der Waals surface area (Å²) in [5.74, 6) is -0.374. The number of carbonyl (C=O) groups excluding carboxylic acids is 1. The molecule has 0 fully saturated rings. The van der Waals surface area contributed by atoms with Crippen LogP contribution < -0.4 is 10.6 Å². The third-order valence-corrected chi connectivity index (χ3v) is 5.58. The second kappa shape index (κ2) is 10.3. The molecule has 4 rings (SSSR count). The van der Waals surface area contributed by atoms with Gasteiger partial charge in [-0.15, -0.1) is 0 Å². The van der Waals surface area contributed by atoms with Gasteiger partial charge in [-0.1, -0.05) is 18.2 Å². The van der Waals surface area contributed by atoms with Gasteiger partial charge in [-0.3, -0.25) is 14.0 Å². The molecule has 3 heterocycles. The Labute approximate surface area is 202 Å². The van der Waals surface area contributed by atoms with E-state index in [1.807, 2.05) is 40.1 Å². The van der Waals surface area contributed by atoms with E-state index in [0.717, 1.165) is 34.7 Å². The summed E-state index contributed by atoms with van der Waals surface area (Å²) >= 11 is 5.44. The molecule has 0 unspecified atom stereocenters. The number of anilines is 2. The first kappa shape index (κ1) is 23.2. The van der Waals surface area contributed by atoms with Gasteiger partial charge < -0.3 is 15.4 Å². The van der Waals surface area contributed by atoms with Gasteiger partial charge in [0.1, 0.15) is 0 Å². The summed E-state index contributed by atoms with van der Waals surface area (Å²) < 4.78 is 10.4. The normalized spacial score (nSPS) is 10.8. The maximum absolute atomic E-state index is 12.0. The van der Waals surface area contributed by atoms with Crippen LogP contribution in [0.3, 0.4) is 0 Å². The third-order valence-electron chi connectivity index (χ3n) is 5.37. The zero-order valence-corrected chi connectivity index (χ0v) is 20.0. The average Bonchev–Trinajstić information content (AvgIpc) is 3.55. The number of hydrogen-bond acceptors (Lipinski definition) is 6. The number of aromatic nitrogens is 6. The minimum Gasteiger partial charge on any atom is -0.465 e. The van der Waals surface area contributed by atoms with Gasteiger partial charge in [0.15, 0.2) is 5.11 Å². The van der Waals surface area contributed by atoms with E-state index in [0.29, 0.717) is 23.8 Å². The van der Waals surface area contributed by atoms with Crippen molar-refractivity contribution in [1.29, 1.82) is 0 Å². The number of rotatable bonds is 8. The van der Waals surface area contributed by atoms with E-state index in [2.05, 4.69) is 39.8 Å².